The smallest absolute Gasteiger partial charge is 0.407 e. The molecule has 0 aromatic carbocycles. The number of aliphatic hydroxyl groups is 1. The monoisotopic (exact) mass is 300 g/mol. The van der Waals surface area contributed by atoms with Crippen LogP contribution in [0.15, 0.2) is 0 Å². The Kier molecular flexibility index (Phi) is 8.04. The Morgan fingerprint density at radius 2 is 2.00 bits per heavy atom. The molecule has 1 aliphatic carbocycles. The zero-order valence-electron chi connectivity index (χ0n) is 13.8. The minimum Gasteiger partial charge on any atom is -0.444 e. The van der Waals surface area contributed by atoms with Crippen LogP contribution in [0.5, 0.6) is 0 Å². The number of nitrogens with one attached hydrogen (secondary N) is 2. The zero-order chi connectivity index (χ0) is 15.7. The van der Waals surface area contributed by atoms with E-state index in [1.807, 2.05) is 20.8 Å². The maximum absolute atomic E-state index is 11.7. The first-order chi connectivity index (χ1) is 9.92. The Balaban J connectivity index is 2.19. The van der Waals surface area contributed by atoms with Crippen LogP contribution in [0.2, 0.25) is 0 Å². The fraction of sp³-hybridized carbons (Fsp3) is 0.938. The molecule has 0 saturated heterocycles. The number of amides is 1. The fourth-order valence-corrected chi connectivity index (χ4v) is 2.78. The molecule has 3 N–H and O–H groups in total. The van der Waals surface area contributed by atoms with Gasteiger partial charge in [-0.25, -0.2) is 4.79 Å². The van der Waals surface area contributed by atoms with Crippen molar-refractivity contribution in [1.29, 1.82) is 0 Å². The molecule has 0 aromatic rings. The SMILES string of the molecule is CC(C)(C)OC(=O)NCC1CCCC1NCCCCCO. The van der Waals surface area contributed by atoms with Crippen molar-refractivity contribution in [3.8, 4) is 0 Å². The summed E-state index contributed by atoms with van der Waals surface area (Å²) in [5, 5.41) is 15.2. The molecular formula is C16H32N2O3. The molecule has 0 bridgehead atoms. The Morgan fingerprint density at radius 1 is 1.24 bits per heavy atom. The average Bonchev–Trinajstić information content (AvgIpc) is 2.81. The number of hydrogen-bond acceptors (Lipinski definition) is 4. The van der Waals surface area contributed by atoms with E-state index in [2.05, 4.69) is 10.6 Å². The first-order valence-electron chi connectivity index (χ1n) is 8.23. The van der Waals surface area contributed by atoms with Gasteiger partial charge in [-0.1, -0.05) is 6.42 Å². The number of carbonyl (C=O) groups is 1. The van der Waals surface area contributed by atoms with Crippen molar-refractivity contribution in [2.45, 2.75) is 70.9 Å². The number of rotatable bonds is 8. The van der Waals surface area contributed by atoms with Gasteiger partial charge in [0.1, 0.15) is 5.60 Å². The molecule has 1 fully saturated rings. The topological polar surface area (TPSA) is 70.6 Å². The highest BCUT2D eigenvalue weighted by molar-refractivity contribution is 5.67. The first-order valence-corrected chi connectivity index (χ1v) is 8.23. The number of hydrogen-bond donors (Lipinski definition) is 3. The Bertz CT molecular complexity index is 302. The largest absolute Gasteiger partial charge is 0.444 e. The summed E-state index contributed by atoms with van der Waals surface area (Å²) in [7, 11) is 0. The van der Waals surface area contributed by atoms with Gasteiger partial charge in [0.15, 0.2) is 0 Å². The minimum absolute atomic E-state index is 0.284. The molecule has 0 radical (unpaired) electrons. The summed E-state index contributed by atoms with van der Waals surface area (Å²) in [5.41, 5.74) is -0.440. The van der Waals surface area contributed by atoms with E-state index in [9.17, 15) is 4.79 Å². The lowest BCUT2D eigenvalue weighted by Gasteiger charge is -2.23. The highest BCUT2D eigenvalue weighted by Gasteiger charge is 2.27. The van der Waals surface area contributed by atoms with Gasteiger partial charge in [0.2, 0.25) is 0 Å². The lowest BCUT2D eigenvalue weighted by Crippen LogP contribution is -2.41. The van der Waals surface area contributed by atoms with Crippen LogP contribution < -0.4 is 10.6 Å². The maximum atomic E-state index is 11.7. The van der Waals surface area contributed by atoms with Crippen LogP contribution in [-0.2, 0) is 4.74 Å². The predicted octanol–water partition coefficient (Wildman–Crippen LogP) is 2.43. The van der Waals surface area contributed by atoms with Crippen molar-refractivity contribution in [3.05, 3.63) is 0 Å². The van der Waals surface area contributed by atoms with Crippen LogP contribution >= 0.6 is 0 Å². The Labute approximate surface area is 128 Å². The molecule has 0 aromatic heterocycles. The summed E-state index contributed by atoms with van der Waals surface area (Å²) >= 11 is 0. The maximum Gasteiger partial charge on any atom is 0.407 e. The molecule has 21 heavy (non-hydrogen) atoms. The standard InChI is InChI=1S/C16H32N2O3/c1-16(2,3)21-15(20)18-12-13-8-7-9-14(13)17-10-5-4-6-11-19/h13-14,17,19H,4-12H2,1-3H3,(H,18,20). The van der Waals surface area contributed by atoms with Crippen LogP contribution in [-0.4, -0.2) is 42.5 Å². The molecule has 2 atom stereocenters. The van der Waals surface area contributed by atoms with E-state index in [1.165, 1.54) is 12.8 Å². The van der Waals surface area contributed by atoms with Gasteiger partial charge in [-0.3, -0.25) is 0 Å². The van der Waals surface area contributed by atoms with Gasteiger partial charge in [0.05, 0.1) is 0 Å². The molecule has 0 aliphatic heterocycles. The van der Waals surface area contributed by atoms with Crippen LogP contribution in [0.1, 0.15) is 59.3 Å². The molecule has 2 unspecified atom stereocenters. The molecule has 0 heterocycles. The van der Waals surface area contributed by atoms with Crippen LogP contribution in [0, 0.1) is 5.92 Å². The first kappa shape index (κ1) is 18.2. The summed E-state index contributed by atoms with van der Waals surface area (Å²) in [6, 6.07) is 0.495. The highest BCUT2D eigenvalue weighted by Crippen LogP contribution is 2.25. The van der Waals surface area contributed by atoms with Crippen molar-refractivity contribution in [3.63, 3.8) is 0 Å². The number of unbranched alkanes of at least 4 members (excludes halogenated alkanes) is 2. The van der Waals surface area contributed by atoms with Gasteiger partial charge >= 0.3 is 6.09 Å². The zero-order valence-corrected chi connectivity index (χ0v) is 13.8. The molecule has 1 aliphatic rings. The molecule has 5 nitrogen and oxygen atoms in total. The third-order valence-corrected chi connectivity index (χ3v) is 3.81. The molecule has 5 heteroatoms. The Morgan fingerprint density at radius 3 is 2.67 bits per heavy atom. The van der Waals surface area contributed by atoms with Crippen LogP contribution in [0.3, 0.4) is 0 Å². The summed E-state index contributed by atoms with van der Waals surface area (Å²) < 4.78 is 5.26. The lowest BCUT2D eigenvalue weighted by molar-refractivity contribution is 0.0517. The van der Waals surface area contributed by atoms with Gasteiger partial charge < -0.3 is 20.5 Å². The normalized spacial score (nSPS) is 22.3. The second-order valence-electron chi connectivity index (χ2n) is 6.92. The van der Waals surface area contributed by atoms with Crippen molar-refractivity contribution in [2.24, 2.45) is 5.92 Å². The molecule has 1 rings (SSSR count). The molecular weight excluding hydrogens is 268 g/mol. The number of ether oxygens (including phenoxy) is 1. The van der Waals surface area contributed by atoms with Gasteiger partial charge in [0, 0.05) is 19.2 Å². The summed E-state index contributed by atoms with van der Waals surface area (Å²) in [4.78, 5) is 11.7. The van der Waals surface area contributed by atoms with E-state index in [-0.39, 0.29) is 12.7 Å². The van der Waals surface area contributed by atoms with Gasteiger partial charge in [0.25, 0.3) is 0 Å². The van der Waals surface area contributed by atoms with Crippen LogP contribution in [0.25, 0.3) is 0 Å². The van der Waals surface area contributed by atoms with E-state index in [0.29, 0.717) is 18.5 Å². The van der Waals surface area contributed by atoms with E-state index < -0.39 is 5.60 Å². The second-order valence-corrected chi connectivity index (χ2v) is 6.92. The molecule has 0 spiro atoms. The number of carbonyl (C=O) groups excluding carboxylic acids is 1. The number of aliphatic hydroxyl groups excluding tert-OH is 1. The Hall–Kier alpha value is -0.810. The van der Waals surface area contributed by atoms with E-state index >= 15 is 0 Å². The molecule has 1 saturated carbocycles. The minimum atomic E-state index is -0.440. The van der Waals surface area contributed by atoms with E-state index in [1.54, 1.807) is 0 Å². The predicted molar refractivity (Wildman–Crippen MR) is 84.3 cm³/mol. The van der Waals surface area contributed by atoms with Crippen LogP contribution in [0.4, 0.5) is 4.79 Å². The lowest BCUT2D eigenvalue weighted by atomic mass is 10.0. The third kappa shape index (κ3) is 8.27. The van der Waals surface area contributed by atoms with Gasteiger partial charge in [-0.2, -0.15) is 0 Å². The number of alkyl carbamates (subject to hydrolysis) is 1. The van der Waals surface area contributed by atoms with Crippen molar-refractivity contribution in [1.82, 2.24) is 10.6 Å². The highest BCUT2D eigenvalue weighted by atomic mass is 16.6. The van der Waals surface area contributed by atoms with Crippen molar-refractivity contribution < 1.29 is 14.6 Å². The summed E-state index contributed by atoms with van der Waals surface area (Å²) in [5.74, 6) is 0.496. The van der Waals surface area contributed by atoms with Crippen molar-refractivity contribution >= 4 is 6.09 Å². The van der Waals surface area contributed by atoms with Crippen molar-refractivity contribution in [2.75, 3.05) is 19.7 Å². The second kappa shape index (κ2) is 9.26. The van der Waals surface area contributed by atoms with Gasteiger partial charge in [-0.05, 0) is 65.3 Å². The fourth-order valence-electron chi connectivity index (χ4n) is 2.78. The summed E-state index contributed by atoms with van der Waals surface area (Å²) in [6.45, 7) is 7.58. The van der Waals surface area contributed by atoms with Gasteiger partial charge in [-0.15, -0.1) is 0 Å². The quantitative estimate of drug-likeness (QED) is 0.602. The third-order valence-electron chi connectivity index (χ3n) is 3.81. The summed E-state index contributed by atoms with van der Waals surface area (Å²) in [6.07, 6.45) is 6.28. The van der Waals surface area contributed by atoms with E-state index in [4.69, 9.17) is 9.84 Å². The molecule has 124 valence electrons. The molecule has 1 amide bonds. The average molecular weight is 300 g/mol. The van der Waals surface area contributed by atoms with E-state index in [0.717, 1.165) is 32.2 Å².